The maximum absolute atomic E-state index is 12.3. The van der Waals surface area contributed by atoms with E-state index in [-0.39, 0.29) is 31.0 Å². The van der Waals surface area contributed by atoms with Gasteiger partial charge in [-0.3, -0.25) is 19.7 Å². The average molecular weight is 389 g/mol. The number of hydrogen-bond donors (Lipinski definition) is 2. The summed E-state index contributed by atoms with van der Waals surface area (Å²) < 4.78 is 4.99. The summed E-state index contributed by atoms with van der Waals surface area (Å²) in [6.07, 6.45) is 0.774. The fraction of sp³-hybridized carbons (Fsp3) is 0.500. The van der Waals surface area contributed by atoms with Crippen LogP contribution in [0.25, 0.3) is 0 Å². The van der Waals surface area contributed by atoms with Crippen molar-refractivity contribution in [2.24, 2.45) is 5.92 Å². The van der Waals surface area contributed by atoms with Crippen molar-refractivity contribution >= 4 is 23.8 Å². The Morgan fingerprint density at radius 3 is 2.54 bits per heavy atom. The van der Waals surface area contributed by atoms with Crippen LogP contribution in [0.1, 0.15) is 45.2 Å². The number of hydrogen-bond acceptors (Lipinski definition) is 5. The second-order valence-corrected chi connectivity index (χ2v) is 6.97. The SMILES string of the molecule is CC[C@H](C)NC(=O)NC(=O)COC(=O)[C@H]1CC(=O)N([C@@H](C)c2ccccc2)C1. The molecule has 0 aromatic heterocycles. The van der Waals surface area contributed by atoms with E-state index < -0.39 is 30.4 Å². The summed E-state index contributed by atoms with van der Waals surface area (Å²) in [5, 5.41) is 4.68. The summed E-state index contributed by atoms with van der Waals surface area (Å²) in [6, 6.07) is 8.70. The van der Waals surface area contributed by atoms with Gasteiger partial charge in [-0.2, -0.15) is 0 Å². The fourth-order valence-corrected chi connectivity index (χ4v) is 2.95. The van der Waals surface area contributed by atoms with Crippen LogP contribution in [-0.4, -0.2) is 47.9 Å². The minimum absolute atomic E-state index is 0.0477. The molecular formula is C20H27N3O5. The van der Waals surface area contributed by atoms with Crippen molar-refractivity contribution in [2.45, 2.75) is 45.7 Å². The molecule has 3 atom stereocenters. The van der Waals surface area contributed by atoms with Gasteiger partial charge in [0.05, 0.1) is 12.0 Å². The Balaban J connectivity index is 1.81. The number of urea groups is 1. The molecule has 0 aliphatic carbocycles. The van der Waals surface area contributed by atoms with Gasteiger partial charge in [0.1, 0.15) is 0 Å². The van der Waals surface area contributed by atoms with Gasteiger partial charge in [-0.25, -0.2) is 4.79 Å². The highest BCUT2D eigenvalue weighted by Crippen LogP contribution is 2.28. The predicted molar refractivity (Wildman–Crippen MR) is 102 cm³/mol. The highest BCUT2D eigenvalue weighted by atomic mass is 16.5. The van der Waals surface area contributed by atoms with Crippen LogP contribution < -0.4 is 10.6 Å². The Morgan fingerprint density at radius 1 is 1.21 bits per heavy atom. The topological polar surface area (TPSA) is 105 Å². The van der Waals surface area contributed by atoms with Crippen molar-refractivity contribution in [3.8, 4) is 0 Å². The standard InChI is InChI=1S/C20H27N3O5/c1-4-13(2)21-20(27)22-17(24)12-28-19(26)16-10-18(25)23(11-16)14(3)15-8-6-5-7-9-15/h5-9,13-14,16H,4,10-12H2,1-3H3,(H2,21,22,24,27)/t13-,14-,16-/m0/s1. The first-order valence-corrected chi connectivity index (χ1v) is 9.43. The third-order valence-corrected chi connectivity index (χ3v) is 4.83. The minimum atomic E-state index is -0.715. The lowest BCUT2D eigenvalue weighted by Gasteiger charge is -2.25. The third-order valence-electron chi connectivity index (χ3n) is 4.83. The molecule has 1 fully saturated rings. The predicted octanol–water partition coefficient (Wildman–Crippen LogP) is 1.76. The number of nitrogens with zero attached hydrogens (tertiary/aromatic N) is 1. The molecule has 152 valence electrons. The van der Waals surface area contributed by atoms with E-state index in [1.807, 2.05) is 51.1 Å². The van der Waals surface area contributed by atoms with Gasteiger partial charge < -0.3 is 15.0 Å². The number of likely N-dealkylation sites (tertiary alicyclic amines) is 1. The minimum Gasteiger partial charge on any atom is -0.455 e. The summed E-state index contributed by atoms with van der Waals surface area (Å²) in [7, 11) is 0. The van der Waals surface area contributed by atoms with Crippen molar-refractivity contribution in [2.75, 3.05) is 13.2 Å². The van der Waals surface area contributed by atoms with Crippen LogP contribution in [0.3, 0.4) is 0 Å². The molecule has 1 aliphatic rings. The van der Waals surface area contributed by atoms with Crippen LogP contribution in [0.5, 0.6) is 0 Å². The molecule has 0 bridgehead atoms. The van der Waals surface area contributed by atoms with Crippen LogP contribution in [0, 0.1) is 5.92 Å². The Kier molecular flexibility index (Phi) is 7.54. The van der Waals surface area contributed by atoms with E-state index in [1.165, 1.54) is 0 Å². The molecule has 1 aromatic rings. The van der Waals surface area contributed by atoms with Crippen molar-refractivity contribution in [1.29, 1.82) is 0 Å². The number of carbonyl (C=O) groups is 4. The maximum Gasteiger partial charge on any atom is 0.321 e. The molecule has 1 aliphatic heterocycles. The number of benzene rings is 1. The molecule has 4 amide bonds. The molecule has 0 unspecified atom stereocenters. The Bertz CT molecular complexity index is 722. The van der Waals surface area contributed by atoms with Gasteiger partial charge >= 0.3 is 12.0 Å². The van der Waals surface area contributed by atoms with Gasteiger partial charge in [0.2, 0.25) is 5.91 Å². The molecule has 2 N–H and O–H groups in total. The lowest BCUT2D eigenvalue weighted by molar-refractivity contribution is -0.152. The van der Waals surface area contributed by atoms with E-state index >= 15 is 0 Å². The summed E-state index contributed by atoms with van der Waals surface area (Å²) in [6.45, 7) is 5.29. The summed E-state index contributed by atoms with van der Waals surface area (Å²) in [5.41, 5.74) is 0.983. The zero-order valence-corrected chi connectivity index (χ0v) is 16.4. The monoisotopic (exact) mass is 389 g/mol. The van der Waals surface area contributed by atoms with Gasteiger partial charge in [-0.15, -0.1) is 0 Å². The van der Waals surface area contributed by atoms with Crippen LogP contribution in [-0.2, 0) is 19.1 Å². The van der Waals surface area contributed by atoms with Crippen molar-refractivity contribution in [3.05, 3.63) is 35.9 Å². The summed E-state index contributed by atoms with van der Waals surface area (Å²) in [5.74, 6) is -2.09. The average Bonchev–Trinajstić information content (AvgIpc) is 3.07. The van der Waals surface area contributed by atoms with E-state index in [1.54, 1.807) is 4.90 Å². The number of esters is 1. The molecule has 0 radical (unpaired) electrons. The third kappa shape index (κ3) is 5.80. The Labute approximate surface area is 164 Å². The van der Waals surface area contributed by atoms with E-state index in [4.69, 9.17) is 4.74 Å². The second kappa shape index (κ2) is 9.87. The first-order chi connectivity index (χ1) is 13.3. The number of ether oxygens (including phenoxy) is 1. The molecule has 2 rings (SSSR count). The molecular weight excluding hydrogens is 362 g/mol. The van der Waals surface area contributed by atoms with Gasteiger partial charge in [0.15, 0.2) is 6.61 Å². The molecule has 28 heavy (non-hydrogen) atoms. The van der Waals surface area contributed by atoms with Crippen LogP contribution >= 0.6 is 0 Å². The van der Waals surface area contributed by atoms with E-state index in [2.05, 4.69) is 10.6 Å². The Hall–Kier alpha value is -2.90. The Morgan fingerprint density at radius 2 is 1.89 bits per heavy atom. The van der Waals surface area contributed by atoms with E-state index in [9.17, 15) is 19.2 Å². The molecule has 1 saturated heterocycles. The molecule has 1 aromatic carbocycles. The molecule has 8 nitrogen and oxygen atoms in total. The van der Waals surface area contributed by atoms with Crippen molar-refractivity contribution in [1.82, 2.24) is 15.5 Å². The quantitative estimate of drug-likeness (QED) is 0.692. The summed E-state index contributed by atoms with van der Waals surface area (Å²) in [4.78, 5) is 49.5. The molecule has 1 heterocycles. The lowest BCUT2D eigenvalue weighted by atomic mass is 10.1. The van der Waals surface area contributed by atoms with Crippen LogP contribution in [0.15, 0.2) is 30.3 Å². The van der Waals surface area contributed by atoms with Gasteiger partial charge in [0.25, 0.3) is 5.91 Å². The number of amides is 4. The highest BCUT2D eigenvalue weighted by Gasteiger charge is 2.38. The van der Waals surface area contributed by atoms with Crippen LogP contribution in [0.2, 0.25) is 0 Å². The fourth-order valence-electron chi connectivity index (χ4n) is 2.95. The zero-order chi connectivity index (χ0) is 20.7. The van der Waals surface area contributed by atoms with Gasteiger partial charge in [-0.1, -0.05) is 37.3 Å². The first kappa shape index (κ1) is 21.4. The second-order valence-electron chi connectivity index (χ2n) is 6.97. The highest BCUT2D eigenvalue weighted by molar-refractivity contribution is 5.96. The number of rotatable bonds is 7. The normalized spacial score (nSPS) is 18.3. The first-order valence-electron chi connectivity index (χ1n) is 9.43. The van der Waals surface area contributed by atoms with Crippen molar-refractivity contribution < 1.29 is 23.9 Å². The number of imide groups is 1. The zero-order valence-electron chi connectivity index (χ0n) is 16.4. The van der Waals surface area contributed by atoms with Crippen molar-refractivity contribution in [3.63, 3.8) is 0 Å². The molecule has 8 heteroatoms. The van der Waals surface area contributed by atoms with Gasteiger partial charge in [0, 0.05) is 19.0 Å². The van der Waals surface area contributed by atoms with Gasteiger partial charge in [-0.05, 0) is 25.8 Å². The van der Waals surface area contributed by atoms with Crippen LogP contribution in [0.4, 0.5) is 4.79 Å². The maximum atomic E-state index is 12.3. The molecule has 0 saturated carbocycles. The van der Waals surface area contributed by atoms with E-state index in [0.717, 1.165) is 12.0 Å². The lowest BCUT2D eigenvalue weighted by Crippen LogP contribution is -2.44. The number of carbonyl (C=O) groups excluding carboxylic acids is 4. The van der Waals surface area contributed by atoms with E-state index in [0.29, 0.717) is 0 Å². The smallest absolute Gasteiger partial charge is 0.321 e. The molecule has 0 spiro atoms. The number of nitrogens with one attached hydrogen (secondary N) is 2. The summed E-state index contributed by atoms with van der Waals surface area (Å²) >= 11 is 0. The largest absolute Gasteiger partial charge is 0.455 e.